The summed E-state index contributed by atoms with van der Waals surface area (Å²) in [6, 6.07) is 10.9. The van der Waals surface area contributed by atoms with Crippen molar-refractivity contribution in [3.63, 3.8) is 0 Å². The number of carbonyl (C=O) groups is 2. The summed E-state index contributed by atoms with van der Waals surface area (Å²) in [7, 11) is 4.46. The topological polar surface area (TPSA) is 121 Å². The maximum absolute atomic E-state index is 12.8. The Bertz CT molecular complexity index is 1700. The molecule has 1 saturated heterocycles. The largest absolute Gasteiger partial charge is 0.493 e. The van der Waals surface area contributed by atoms with Crippen molar-refractivity contribution in [3.8, 4) is 33.7 Å². The molecule has 0 unspecified atom stereocenters. The number of likely N-dealkylation sites (tertiary alicyclic amines) is 1. The number of H-pyrrole nitrogens is 1. The molecule has 13 heteroatoms. The number of benzene rings is 2. The highest BCUT2D eigenvalue weighted by Crippen LogP contribution is 2.41. The van der Waals surface area contributed by atoms with Crippen LogP contribution in [0.5, 0.6) is 23.0 Å². The molecule has 0 spiro atoms. The third kappa shape index (κ3) is 7.87. The molecule has 0 saturated carbocycles. The van der Waals surface area contributed by atoms with Crippen molar-refractivity contribution >= 4 is 46.0 Å². The first-order chi connectivity index (χ1) is 22.4. The van der Waals surface area contributed by atoms with Crippen molar-refractivity contribution in [2.45, 2.75) is 52.2 Å². The average Bonchev–Trinajstić information content (AvgIpc) is 3.66. The summed E-state index contributed by atoms with van der Waals surface area (Å²) in [5.41, 5.74) is 1.61. The molecule has 252 valence electrons. The molecule has 0 radical (unpaired) electrons. The highest BCUT2D eigenvalue weighted by Gasteiger charge is 2.28. The maximum atomic E-state index is 12.8. The Morgan fingerprint density at radius 1 is 1.04 bits per heavy atom. The first-order valence-electron chi connectivity index (χ1n) is 15.3. The molecule has 1 amide bonds. The van der Waals surface area contributed by atoms with Gasteiger partial charge in [-0.15, -0.1) is 11.3 Å². The van der Waals surface area contributed by atoms with E-state index >= 15 is 0 Å². The van der Waals surface area contributed by atoms with Gasteiger partial charge in [0.15, 0.2) is 16.4 Å². The number of amides is 1. The SMILES string of the molecule is COC(=O)c1sc(-c2nc3cc(OC)c(OC)cc3[nH]2)cc1O[C@H](C)c1cccc(OCC2CCN(C(=O)OC(C)(C)C)CC2)c1Cl. The van der Waals surface area contributed by atoms with Crippen molar-refractivity contribution in [2.24, 2.45) is 5.92 Å². The Balaban J connectivity index is 1.28. The summed E-state index contributed by atoms with van der Waals surface area (Å²) in [6.45, 7) is 9.15. The van der Waals surface area contributed by atoms with E-state index in [0.717, 1.165) is 18.4 Å². The molecule has 0 bridgehead atoms. The number of nitrogens with one attached hydrogen (secondary N) is 1. The van der Waals surface area contributed by atoms with Crippen molar-refractivity contribution in [1.29, 1.82) is 0 Å². The van der Waals surface area contributed by atoms with Crippen LogP contribution in [-0.4, -0.2) is 73.6 Å². The summed E-state index contributed by atoms with van der Waals surface area (Å²) in [5, 5.41) is 0.432. The third-order valence-corrected chi connectivity index (χ3v) is 9.27. The number of ether oxygens (including phenoxy) is 6. The van der Waals surface area contributed by atoms with Crippen LogP contribution in [0.25, 0.3) is 21.7 Å². The molecule has 3 heterocycles. The van der Waals surface area contributed by atoms with Crippen LogP contribution in [0.2, 0.25) is 5.02 Å². The van der Waals surface area contributed by atoms with Crippen molar-refractivity contribution in [1.82, 2.24) is 14.9 Å². The van der Waals surface area contributed by atoms with E-state index in [1.807, 2.05) is 52.0 Å². The van der Waals surface area contributed by atoms with Crippen LogP contribution in [0.4, 0.5) is 4.79 Å². The summed E-state index contributed by atoms with van der Waals surface area (Å²) in [6.07, 6.45) is 0.796. The number of rotatable bonds is 10. The molecule has 1 fully saturated rings. The van der Waals surface area contributed by atoms with E-state index in [2.05, 4.69) is 4.98 Å². The predicted octanol–water partition coefficient (Wildman–Crippen LogP) is 7.91. The van der Waals surface area contributed by atoms with Crippen molar-refractivity contribution < 1.29 is 38.0 Å². The zero-order valence-electron chi connectivity index (χ0n) is 27.6. The van der Waals surface area contributed by atoms with Crippen molar-refractivity contribution in [3.05, 3.63) is 51.9 Å². The second kappa shape index (κ2) is 14.3. The fraction of sp³-hybridized carbons (Fsp3) is 0.441. The number of nitrogens with zero attached hydrogens (tertiary/aromatic N) is 2. The van der Waals surface area contributed by atoms with Gasteiger partial charge in [-0.3, -0.25) is 0 Å². The minimum absolute atomic E-state index is 0.273. The summed E-state index contributed by atoms with van der Waals surface area (Å²) >= 11 is 8.05. The Labute approximate surface area is 283 Å². The number of aromatic nitrogens is 2. The summed E-state index contributed by atoms with van der Waals surface area (Å²) < 4.78 is 33.9. The van der Waals surface area contributed by atoms with Gasteiger partial charge < -0.3 is 38.3 Å². The Morgan fingerprint density at radius 2 is 1.74 bits per heavy atom. The molecule has 1 aliphatic heterocycles. The molecule has 1 atom stereocenters. The van der Waals surface area contributed by atoms with Crippen molar-refractivity contribution in [2.75, 3.05) is 41.0 Å². The number of hydrogen-bond acceptors (Lipinski definition) is 10. The van der Waals surface area contributed by atoms with Gasteiger partial charge in [-0.05, 0) is 52.5 Å². The molecule has 4 aromatic rings. The zero-order valence-corrected chi connectivity index (χ0v) is 29.2. The predicted molar refractivity (Wildman–Crippen MR) is 180 cm³/mol. The monoisotopic (exact) mass is 685 g/mol. The van der Waals surface area contributed by atoms with E-state index in [4.69, 9.17) is 45.0 Å². The van der Waals surface area contributed by atoms with Gasteiger partial charge in [-0.25, -0.2) is 14.6 Å². The zero-order chi connectivity index (χ0) is 33.9. The number of esters is 1. The lowest BCUT2D eigenvalue weighted by Gasteiger charge is -2.33. The van der Waals surface area contributed by atoms with Gasteiger partial charge in [0.05, 0.1) is 48.9 Å². The Morgan fingerprint density at radius 3 is 2.40 bits per heavy atom. The highest BCUT2D eigenvalue weighted by molar-refractivity contribution is 7.17. The van der Waals surface area contributed by atoms with E-state index < -0.39 is 17.7 Å². The Kier molecular flexibility index (Phi) is 10.4. The van der Waals surface area contributed by atoms with E-state index in [1.54, 1.807) is 31.3 Å². The molecular weight excluding hydrogens is 646 g/mol. The number of imidazole rings is 1. The van der Waals surface area contributed by atoms with Crippen LogP contribution in [0.3, 0.4) is 0 Å². The van der Waals surface area contributed by atoms with Gasteiger partial charge in [-0.1, -0.05) is 23.7 Å². The molecule has 1 aliphatic rings. The van der Waals surface area contributed by atoms with Crippen LogP contribution < -0.4 is 18.9 Å². The number of aromatic amines is 1. The number of halogens is 1. The van der Waals surface area contributed by atoms with Crippen LogP contribution in [-0.2, 0) is 9.47 Å². The van der Waals surface area contributed by atoms with E-state index in [1.165, 1.54) is 18.4 Å². The lowest BCUT2D eigenvalue weighted by Crippen LogP contribution is -2.42. The van der Waals surface area contributed by atoms with Crippen LogP contribution in [0.15, 0.2) is 36.4 Å². The maximum Gasteiger partial charge on any atom is 0.410 e. The van der Waals surface area contributed by atoms with Gasteiger partial charge in [0, 0.05) is 36.9 Å². The minimum atomic E-state index is -0.529. The third-order valence-electron chi connectivity index (χ3n) is 7.77. The van der Waals surface area contributed by atoms with Crippen LogP contribution in [0, 0.1) is 5.92 Å². The molecule has 5 rings (SSSR count). The quantitative estimate of drug-likeness (QED) is 0.166. The van der Waals surface area contributed by atoms with Gasteiger partial charge in [0.25, 0.3) is 0 Å². The smallest absolute Gasteiger partial charge is 0.410 e. The van der Waals surface area contributed by atoms with Crippen LogP contribution in [0.1, 0.15) is 61.9 Å². The molecular formula is C34H40ClN3O8S. The second-order valence-electron chi connectivity index (χ2n) is 12.2. The molecule has 0 aliphatic carbocycles. The second-order valence-corrected chi connectivity index (χ2v) is 13.7. The normalized spacial score (nSPS) is 14.5. The minimum Gasteiger partial charge on any atom is -0.493 e. The molecule has 1 N–H and O–H groups in total. The average molecular weight is 686 g/mol. The Hall–Kier alpha value is -4.16. The molecule has 2 aromatic heterocycles. The highest BCUT2D eigenvalue weighted by atomic mass is 35.5. The first-order valence-corrected chi connectivity index (χ1v) is 16.5. The fourth-order valence-electron chi connectivity index (χ4n) is 5.29. The van der Waals surface area contributed by atoms with E-state index in [0.29, 0.717) is 74.4 Å². The van der Waals surface area contributed by atoms with E-state index in [9.17, 15) is 9.59 Å². The number of piperidine rings is 1. The molecule has 47 heavy (non-hydrogen) atoms. The molecule has 2 aromatic carbocycles. The van der Waals surface area contributed by atoms with Gasteiger partial charge in [0.2, 0.25) is 0 Å². The summed E-state index contributed by atoms with van der Waals surface area (Å²) in [4.78, 5) is 35.9. The number of fused-ring (bicyclic) bond motifs is 1. The van der Waals surface area contributed by atoms with Gasteiger partial charge >= 0.3 is 12.1 Å². The lowest BCUT2D eigenvalue weighted by atomic mass is 9.98. The number of carbonyl (C=O) groups excluding carboxylic acids is 2. The van der Waals surface area contributed by atoms with Gasteiger partial charge in [0.1, 0.15) is 29.0 Å². The number of thiophene rings is 1. The fourth-order valence-corrected chi connectivity index (χ4v) is 6.58. The van der Waals surface area contributed by atoms with E-state index in [-0.39, 0.29) is 12.0 Å². The number of hydrogen-bond donors (Lipinski definition) is 1. The van der Waals surface area contributed by atoms with Gasteiger partial charge in [-0.2, -0.15) is 0 Å². The summed E-state index contributed by atoms with van der Waals surface area (Å²) in [5.74, 6) is 2.32. The molecule has 11 nitrogen and oxygen atoms in total. The van der Waals surface area contributed by atoms with Crippen LogP contribution >= 0.6 is 22.9 Å². The number of methoxy groups -OCH3 is 3. The standard InChI is InChI=1S/C34H40ClN3O8S/c1-19(21-9-8-10-24(29(21)35)44-18-20-11-13-38(14-12-20)33(40)46-34(2,3)4)45-27-17-28(47-30(27)32(39)43-7)31-36-22-15-25(41-5)26(42-6)16-23(22)37-31/h8-10,15-17,19-20H,11-14,18H2,1-7H3,(H,36,37)/t19-/m1/s1. The first kappa shape index (κ1) is 34.2. The lowest BCUT2D eigenvalue weighted by molar-refractivity contribution is 0.0164.